The van der Waals surface area contributed by atoms with Crippen LogP contribution in [0.3, 0.4) is 0 Å². The molecular weight excluding hydrogens is 366 g/mol. The van der Waals surface area contributed by atoms with E-state index >= 15 is 0 Å². The summed E-state index contributed by atoms with van der Waals surface area (Å²) in [6.45, 7) is 2.23. The molecule has 0 unspecified atom stereocenters. The van der Waals surface area contributed by atoms with Crippen molar-refractivity contribution in [1.29, 1.82) is 0 Å². The maximum absolute atomic E-state index is 12.8. The minimum absolute atomic E-state index is 0.0136. The number of carbonyl (C=O) groups excluding carboxylic acids is 1. The lowest BCUT2D eigenvalue weighted by molar-refractivity contribution is -0.142. The van der Waals surface area contributed by atoms with E-state index in [1.165, 1.54) is 7.11 Å². The van der Waals surface area contributed by atoms with Crippen LogP contribution in [0.1, 0.15) is 24.5 Å². The monoisotopic (exact) mass is 391 g/mol. The van der Waals surface area contributed by atoms with E-state index < -0.39 is 16.0 Å². The summed E-state index contributed by atoms with van der Waals surface area (Å²) in [5.74, 6) is -0.279. The van der Waals surface area contributed by atoms with Crippen LogP contribution in [0.2, 0.25) is 0 Å². The van der Waals surface area contributed by atoms with Crippen molar-refractivity contribution in [3.63, 3.8) is 0 Å². The van der Waals surface area contributed by atoms with Crippen molar-refractivity contribution in [3.05, 3.63) is 59.7 Å². The van der Waals surface area contributed by atoms with Gasteiger partial charge in [-0.15, -0.1) is 0 Å². The summed E-state index contributed by atoms with van der Waals surface area (Å²) in [4.78, 5) is 11.8. The Labute approximate surface area is 160 Å². The first-order valence-corrected chi connectivity index (χ1v) is 10.3. The third-order valence-corrected chi connectivity index (χ3v) is 5.55. The zero-order chi connectivity index (χ0) is 19.7. The Morgan fingerprint density at radius 3 is 2.48 bits per heavy atom. The number of hydrogen-bond acceptors (Lipinski definition) is 5. The third-order valence-electron chi connectivity index (χ3n) is 3.97. The number of nitrogens with one attached hydrogen (secondary N) is 1. The van der Waals surface area contributed by atoms with Crippen LogP contribution in [-0.4, -0.2) is 34.6 Å². The Kier molecular flexibility index (Phi) is 7.82. The predicted molar refractivity (Wildman–Crippen MR) is 103 cm³/mol. The Hall–Kier alpha value is -2.38. The van der Waals surface area contributed by atoms with Crippen molar-refractivity contribution in [2.75, 3.05) is 20.3 Å². The number of benzene rings is 2. The average Bonchev–Trinajstić information content (AvgIpc) is 2.66. The molecule has 0 spiro atoms. The molecular formula is C20H25NO5S. The molecule has 0 amide bonds. The molecule has 146 valence electrons. The summed E-state index contributed by atoms with van der Waals surface area (Å²) < 4.78 is 38.4. The van der Waals surface area contributed by atoms with E-state index in [9.17, 15) is 13.2 Å². The molecule has 0 atom stereocenters. The van der Waals surface area contributed by atoms with E-state index in [0.29, 0.717) is 12.0 Å². The van der Waals surface area contributed by atoms with Gasteiger partial charge in [0.15, 0.2) is 0 Å². The molecule has 0 bridgehead atoms. The minimum atomic E-state index is -3.83. The number of hydrogen-bond donors (Lipinski definition) is 1. The fourth-order valence-electron chi connectivity index (χ4n) is 2.75. The van der Waals surface area contributed by atoms with Crippen molar-refractivity contribution in [3.8, 4) is 5.75 Å². The highest BCUT2D eigenvalue weighted by atomic mass is 32.2. The van der Waals surface area contributed by atoms with Crippen LogP contribution in [0.15, 0.2) is 53.4 Å². The highest BCUT2D eigenvalue weighted by Crippen LogP contribution is 2.28. The second-order valence-electron chi connectivity index (χ2n) is 5.92. The quantitative estimate of drug-likeness (QED) is 0.497. The van der Waals surface area contributed by atoms with Gasteiger partial charge in [-0.3, -0.25) is 4.79 Å². The molecule has 6 nitrogen and oxygen atoms in total. The molecule has 2 aromatic rings. The van der Waals surface area contributed by atoms with Gasteiger partial charge in [0.05, 0.1) is 20.1 Å². The maximum atomic E-state index is 12.8. The Bertz CT molecular complexity index is 850. The summed E-state index contributed by atoms with van der Waals surface area (Å²) in [5.41, 5.74) is 1.50. The molecule has 0 radical (unpaired) electrons. The van der Waals surface area contributed by atoms with Gasteiger partial charge in [-0.05, 0) is 37.0 Å². The van der Waals surface area contributed by atoms with E-state index in [0.717, 1.165) is 12.0 Å². The molecule has 2 rings (SSSR count). The van der Waals surface area contributed by atoms with E-state index in [1.54, 1.807) is 25.1 Å². The Morgan fingerprint density at radius 2 is 1.81 bits per heavy atom. The molecule has 0 aromatic heterocycles. The van der Waals surface area contributed by atoms with E-state index in [1.807, 2.05) is 30.3 Å². The lowest BCUT2D eigenvalue weighted by Crippen LogP contribution is -2.27. The summed E-state index contributed by atoms with van der Waals surface area (Å²) in [5, 5.41) is 0. The topological polar surface area (TPSA) is 81.7 Å². The van der Waals surface area contributed by atoms with Crippen LogP contribution in [-0.2, 0) is 32.4 Å². The van der Waals surface area contributed by atoms with Gasteiger partial charge >= 0.3 is 5.97 Å². The van der Waals surface area contributed by atoms with Crippen LogP contribution in [0.5, 0.6) is 5.75 Å². The molecule has 0 aliphatic carbocycles. The van der Waals surface area contributed by atoms with Crippen molar-refractivity contribution in [2.45, 2.75) is 31.1 Å². The molecule has 2 aromatic carbocycles. The van der Waals surface area contributed by atoms with Crippen molar-refractivity contribution in [1.82, 2.24) is 4.72 Å². The molecule has 7 heteroatoms. The summed E-state index contributed by atoms with van der Waals surface area (Å²) in [6, 6.07) is 14.7. The number of sulfonamides is 1. The minimum Gasteiger partial charge on any atom is -0.495 e. The highest BCUT2D eigenvalue weighted by molar-refractivity contribution is 7.89. The molecule has 1 N–H and O–H groups in total. The third kappa shape index (κ3) is 6.08. The van der Waals surface area contributed by atoms with Gasteiger partial charge in [0, 0.05) is 6.54 Å². The van der Waals surface area contributed by atoms with Gasteiger partial charge in [-0.2, -0.15) is 0 Å². The summed E-state index contributed by atoms with van der Waals surface area (Å²) in [6.07, 6.45) is 1.29. The SMILES string of the molecule is CCOC(=O)Cc1cccc(OC)c1S(=O)(=O)NCCCc1ccccc1. The number of esters is 1. The average molecular weight is 391 g/mol. The van der Waals surface area contributed by atoms with Gasteiger partial charge in [0.1, 0.15) is 10.6 Å². The Morgan fingerprint density at radius 1 is 1.07 bits per heavy atom. The zero-order valence-corrected chi connectivity index (χ0v) is 16.4. The maximum Gasteiger partial charge on any atom is 0.310 e. The number of ether oxygens (including phenoxy) is 2. The number of methoxy groups -OCH3 is 1. The lowest BCUT2D eigenvalue weighted by Gasteiger charge is -2.15. The number of rotatable bonds is 10. The van der Waals surface area contributed by atoms with Gasteiger partial charge in [0.25, 0.3) is 0 Å². The first-order valence-electron chi connectivity index (χ1n) is 8.83. The van der Waals surface area contributed by atoms with Crippen molar-refractivity contribution < 1.29 is 22.7 Å². The fourth-order valence-corrected chi connectivity index (χ4v) is 4.21. The van der Waals surface area contributed by atoms with Gasteiger partial charge in [-0.25, -0.2) is 13.1 Å². The van der Waals surface area contributed by atoms with Crippen LogP contribution in [0.25, 0.3) is 0 Å². The van der Waals surface area contributed by atoms with Crippen LogP contribution >= 0.6 is 0 Å². The molecule has 0 heterocycles. The highest BCUT2D eigenvalue weighted by Gasteiger charge is 2.24. The zero-order valence-electron chi connectivity index (χ0n) is 15.6. The molecule has 27 heavy (non-hydrogen) atoms. The van der Waals surface area contributed by atoms with Gasteiger partial charge < -0.3 is 9.47 Å². The smallest absolute Gasteiger partial charge is 0.310 e. The normalized spacial score (nSPS) is 11.2. The van der Waals surface area contributed by atoms with Crippen molar-refractivity contribution in [2.24, 2.45) is 0 Å². The number of aryl methyl sites for hydroxylation is 1. The van der Waals surface area contributed by atoms with E-state index in [2.05, 4.69) is 4.72 Å². The van der Waals surface area contributed by atoms with Crippen LogP contribution < -0.4 is 9.46 Å². The second-order valence-corrected chi connectivity index (χ2v) is 7.62. The number of carbonyl (C=O) groups is 1. The van der Waals surface area contributed by atoms with Crippen LogP contribution in [0, 0.1) is 0 Å². The summed E-state index contributed by atoms with van der Waals surface area (Å²) in [7, 11) is -2.43. The summed E-state index contributed by atoms with van der Waals surface area (Å²) >= 11 is 0. The molecule has 0 aliphatic rings. The lowest BCUT2D eigenvalue weighted by atomic mass is 10.1. The predicted octanol–water partition coefficient (Wildman–Crippen LogP) is 2.71. The molecule has 0 aliphatic heterocycles. The second kappa shape index (κ2) is 10.1. The van der Waals surface area contributed by atoms with Crippen LogP contribution in [0.4, 0.5) is 0 Å². The first kappa shape index (κ1) is 20.9. The molecule has 0 fully saturated rings. The van der Waals surface area contributed by atoms with Gasteiger partial charge in [0.2, 0.25) is 10.0 Å². The fraction of sp³-hybridized carbons (Fsp3) is 0.350. The molecule has 0 saturated carbocycles. The van der Waals surface area contributed by atoms with E-state index in [4.69, 9.17) is 9.47 Å². The largest absolute Gasteiger partial charge is 0.495 e. The standard InChI is InChI=1S/C20H25NO5S/c1-3-26-19(22)15-17-12-7-13-18(25-2)20(17)27(23,24)21-14-8-11-16-9-5-4-6-10-16/h4-7,9-10,12-13,21H,3,8,11,14-15H2,1-2H3. The van der Waals surface area contributed by atoms with Gasteiger partial charge in [-0.1, -0.05) is 42.5 Å². The van der Waals surface area contributed by atoms with Crippen molar-refractivity contribution >= 4 is 16.0 Å². The van der Waals surface area contributed by atoms with E-state index in [-0.39, 0.29) is 30.2 Å². The molecule has 0 saturated heterocycles. The Balaban J connectivity index is 2.12. The first-order chi connectivity index (χ1) is 13.0.